The highest BCUT2D eigenvalue weighted by Crippen LogP contribution is 2.32. The predicted octanol–water partition coefficient (Wildman–Crippen LogP) is 3.50. The molecule has 1 saturated heterocycles. The number of nitrogens with zero attached hydrogens (tertiary/aromatic N) is 2. The number of anilines is 1. The summed E-state index contributed by atoms with van der Waals surface area (Å²) in [6.45, 7) is 4.45. The van der Waals surface area contributed by atoms with Crippen molar-refractivity contribution in [3.05, 3.63) is 36.0 Å². The zero-order valence-electron chi connectivity index (χ0n) is 13.3. The van der Waals surface area contributed by atoms with Crippen LogP contribution in [0.5, 0.6) is 0 Å². The maximum Gasteiger partial charge on any atom is 0.322 e. The molecule has 122 valence electrons. The molecule has 1 aliphatic heterocycles. The molecular formula is C17H21N3O2S. The van der Waals surface area contributed by atoms with Gasteiger partial charge >= 0.3 is 6.03 Å². The Morgan fingerprint density at radius 3 is 2.83 bits per heavy atom. The Kier molecular flexibility index (Phi) is 4.63. The third kappa shape index (κ3) is 3.54. The second-order valence-electron chi connectivity index (χ2n) is 5.95. The summed E-state index contributed by atoms with van der Waals surface area (Å²) < 4.78 is 0. The molecule has 6 heteroatoms. The van der Waals surface area contributed by atoms with E-state index in [4.69, 9.17) is 0 Å². The number of aliphatic hydroxyl groups excluding tert-OH is 1. The van der Waals surface area contributed by atoms with Crippen molar-refractivity contribution in [1.29, 1.82) is 0 Å². The molecule has 1 aromatic heterocycles. The number of benzene rings is 1. The van der Waals surface area contributed by atoms with Gasteiger partial charge in [-0.25, -0.2) is 9.78 Å². The van der Waals surface area contributed by atoms with Crippen molar-refractivity contribution < 1.29 is 9.90 Å². The molecule has 0 radical (unpaired) electrons. The van der Waals surface area contributed by atoms with Gasteiger partial charge in [-0.05, 0) is 26.7 Å². The van der Waals surface area contributed by atoms with Gasteiger partial charge in [0.25, 0.3) is 0 Å². The van der Waals surface area contributed by atoms with Gasteiger partial charge in [-0.1, -0.05) is 41.7 Å². The Labute approximate surface area is 140 Å². The number of urea groups is 1. The Hall–Kier alpha value is -1.92. The maximum atomic E-state index is 12.5. The topological polar surface area (TPSA) is 65.5 Å². The number of amides is 2. The molecule has 1 aromatic carbocycles. The van der Waals surface area contributed by atoms with E-state index in [1.54, 1.807) is 4.90 Å². The first kappa shape index (κ1) is 16.0. The summed E-state index contributed by atoms with van der Waals surface area (Å²) in [5.74, 6) is 0. The van der Waals surface area contributed by atoms with Gasteiger partial charge in [0.05, 0.1) is 11.8 Å². The van der Waals surface area contributed by atoms with Gasteiger partial charge in [0.15, 0.2) is 0 Å². The summed E-state index contributed by atoms with van der Waals surface area (Å²) >= 11 is 1.49. The monoisotopic (exact) mass is 331 g/mol. The molecule has 2 atom stereocenters. The lowest BCUT2D eigenvalue weighted by Gasteiger charge is -2.35. The molecule has 2 aromatic rings. The number of rotatable bonds is 2. The molecule has 3 rings (SSSR count). The summed E-state index contributed by atoms with van der Waals surface area (Å²) in [5.41, 5.74) is 1.88. The SMILES string of the molecule is Cc1nc(-c2ccccc2)sc1NC(=O)N1CC[C@H](O)C[C@@H]1C. The number of piperidine rings is 1. The van der Waals surface area contributed by atoms with Crippen molar-refractivity contribution in [1.82, 2.24) is 9.88 Å². The number of aliphatic hydroxyl groups is 1. The number of likely N-dealkylation sites (tertiary alicyclic amines) is 1. The third-order valence-electron chi connectivity index (χ3n) is 4.15. The predicted molar refractivity (Wildman–Crippen MR) is 92.7 cm³/mol. The fourth-order valence-electron chi connectivity index (χ4n) is 2.83. The van der Waals surface area contributed by atoms with E-state index in [9.17, 15) is 9.90 Å². The van der Waals surface area contributed by atoms with Crippen LogP contribution in [0.15, 0.2) is 30.3 Å². The van der Waals surface area contributed by atoms with Crippen LogP contribution < -0.4 is 5.32 Å². The van der Waals surface area contributed by atoms with Crippen LogP contribution in [0, 0.1) is 6.92 Å². The average Bonchev–Trinajstić information content (AvgIpc) is 2.89. The lowest BCUT2D eigenvalue weighted by Crippen LogP contribution is -2.47. The van der Waals surface area contributed by atoms with Gasteiger partial charge < -0.3 is 10.0 Å². The van der Waals surface area contributed by atoms with Gasteiger partial charge in [0, 0.05) is 18.2 Å². The third-order valence-corrected chi connectivity index (χ3v) is 5.27. The number of hydrogen-bond acceptors (Lipinski definition) is 4. The molecule has 2 heterocycles. The molecule has 0 spiro atoms. The van der Waals surface area contributed by atoms with E-state index in [1.165, 1.54) is 11.3 Å². The van der Waals surface area contributed by atoms with Crippen LogP contribution in [0.2, 0.25) is 0 Å². The number of hydrogen-bond donors (Lipinski definition) is 2. The Morgan fingerprint density at radius 1 is 1.39 bits per heavy atom. The summed E-state index contributed by atoms with van der Waals surface area (Å²) in [5, 5.41) is 14.3. The summed E-state index contributed by atoms with van der Waals surface area (Å²) in [7, 11) is 0. The number of carbonyl (C=O) groups is 1. The Bertz CT molecular complexity index is 686. The van der Waals surface area contributed by atoms with E-state index in [2.05, 4.69) is 10.3 Å². The maximum absolute atomic E-state index is 12.5. The van der Waals surface area contributed by atoms with Crippen molar-refractivity contribution >= 4 is 22.4 Å². The molecule has 2 N–H and O–H groups in total. The van der Waals surface area contributed by atoms with E-state index in [1.807, 2.05) is 44.2 Å². The Balaban J connectivity index is 1.73. The summed E-state index contributed by atoms with van der Waals surface area (Å²) in [4.78, 5) is 18.8. The van der Waals surface area contributed by atoms with Gasteiger partial charge in [0.1, 0.15) is 10.0 Å². The Morgan fingerprint density at radius 2 is 2.13 bits per heavy atom. The quantitative estimate of drug-likeness (QED) is 0.885. The molecule has 0 saturated carbocycles. The van der Waals surface area contributed by atoms with Crippen LogP contribution >= 0.6 is 11.3 Å². The number of aryl methyl sites for hydroxylation is 1. The van der Waals surface area contributed by atoms with Crippen molar-refractivity contribution in [2.75, 3.05) is 11.9 Å². The number of nitrogens with one attached hydrogen (secondary N) is 1. The highest BCUT2D eigenvalue weighted by atomic mass is 32.1. The molecule has 1 fully saturated rings. The normalized spacial score (nSPS) is 21.3. The van der Waals surface area contributed by atoms with Crippen LogP contribution in [0.4, 0.5) is 9.80 Å². The van der Waals surface area contributed by atoms with Gasteiger partial charge in [-0.15, -0.1) is 0 Å². The van der Waals surface area contributed by atoms with E-state index < -0.39 is 0 Å². The van der Waals surface area contributed by atoms with Gasteiger partial charge in [0.2, 0.25) is 0 Å². The fourth-order valence-corrected chi connectivity index (χ4v) is 3.80. The zero-order chi connectivity index (χ0) is 16.4. The molecule has 5 nitrogen and oxygen atoms in total. The molecule has 0 bridgehead atoms. The van der Waals surface area contributed by atoms with Crippen molar-refractivity contribution in [2.45, 2.75) is 38.8 Å². The van der Waals surface area contributed by atoms with Crippen molar-refractivity contribution in [3.63, 3.8) is 0 Å². The average molecular weight is 331 g/mol. The lowest BCUT2D eigenvalue weighted by atomic mass is 10.0. The number of aromatic nitrogens is 1. The van der Waals surface area contributed by atoms with E-state index >= 15 is 0 Å². The van der Waals surface area contributed by atoms with Crippen molar-refractivity contribution in [2.24, 2.45) is 0 Å². The number of carbonyl (C=O) groups excluding carboxylic acids is 1. The highest BCUT2D eigenvalue weighted by Gasteiger charge is 2.28. The van der Waals surface area contributed by atoms with Crippen LogP contribution in [-0.4, -0.2) is 39.7 Å². The second kappa shape index (κ2) is 6.68. The zero-order valence-corrected chi connectivity index (χ0v) is 14.1. The minimum absolute atomic E-state index is 0.0422. The molecular weight excluding hydrogens is 310 g/mol. The van der Waals surface area contributed by atoms with E-state index in [-0.39, 0.29) is 18.2 Å². The summed E-state index contributed by atoms with van der Waals surface area (Å²) in [6.07, 6.45) is 0.961. The number of thiazole rings is 1. The van der Waals surface area contributed by atoms with Crippen LogP contribution in [-0.2, 0) is 0 Å². The molecule has 1 aliphatic rings. The standard InChI is InChI=1S/C17H21N3O2S/c1-11-10-14(21)8-9-20(11)17(22)19-15-12(2)18-16(23-15)13-6-4-3-5-7-13/h3-7,11,14,21H,8-10H2,1-2H3,(H,19,22)/t11-,14-/m0/s1. The van der Waals surface area contributed by atoms with E-state index in [0.717, 1.165) is 21.3 Å². The minimum atomic E-state index is -0.302. The van der Waals surface area contributed by atoms with E-state index in [0.29, 0.717) is 19.4 Å². The largest absolute Gasteiger partial charge is 0.393 e. The van der Waals surface area contributed by atoms with Crippen LogP contribution in [0.3, 0.4) is 0 Å². The first-order chi connectivity index (χ1) is 11.0. The molecule has 23 heavy (non-hydrogen) atoms. The first-order valence-corrected chi connectivity index (χ1v) is 8.65. The lowest BCUT2D eigenvalue weighted by molar-refractivity contribution is 0.0687. The smallest absolute Gasteiger partial charge is 0.322 e. The fraction of sp³-hybridized carbons (Fsp3) is 0.412. The molecule has 0 unspecified atom stereocenters. The van der Waals surface area contributed by atoms with Crippen LogP contribution in [0.25, 0.3) is 10.6 Å². The highest BCUT2D eigenvalue weighted by molar-refractivity contribution is 7.19. The minimum Gasteiger partial charge on any atom is -0.393 e. The van der Waals surface area contributed by atoms with Gasteiger partial charge in [-0.3, -0.25) is 5.32 Å². The van der Waals surface area contributed by atoms with Crippen LogP contribution in [0.1, 0.15) is 25.5 Å². The second-order valence-corrected chi connectivity index (χ2v) is 6.95. The molecule has 2 amide bonds. The van der Waals surface area contributed by atoms with Crippen molar-refractivity contribution in [3.8, 4) is 10.6 Å². The molecule has 0 aliphatic carbocycles. The summed E-state index contributed by atoms with van der Waals surface area (Å²) in [6, 6.07) is 9.88. The van der Waals surface area contributed by atoms with Gasteiger partial charge in [-0.2, -0.15) is 0 Å². The first-order valence-electron chi connectivity index (χ1n) is 7.83.